The highest BCUT2D eigenvalue weighted by Crippen LogP contribution is 2.26. The van der Waals surface area contributed by atoms with Gasteiger partial charge in [0.15, 0.2) is 0 Å². The molecule has 1 saturated heterocycles. The molecule has 1 aliphatic heterocycles. The first-order valence-corrected chi connectivity index (χ1v) is 8.43. The second-order valence-electron chi connectivity index (χ2n) is 4.53. The zero-order chi connectivity index (χ0) is 10.6. The predicted octanol–water partition coefficient (Wildman–Crippen LogP) is 1.58. The molecule has 3 unspecified atom stereocenters. The fraction of sp³-hybridized carbons (Fsp3) is 1.00. The van der Waals surface area contributed by atoms with Gasteiger partial charge in [-0.15, -0.1) is 0 Å². The van der Waals surface area contributed by atoms with Crippen LogP contribution < -0.4 is 11.1 Å². The molecule has 3 nitrogen and oxygen atoms in total. The lowest BCUT2D eigenvalue weighted by Gasteiger charge is -2.39. The maximum absolute atomic E-state index is 6.04. The van der Waals surface area contributed by atoms with Crippen molar-refractivity contribution in [1.82, 2.24) is 5.32 Å². The Morgan fingerprint density at radius 3 is 2.64 bits per heavy atom. The molecule has 0 aromatic rings. The third-order valence-electron chi connectivity index (χ3n) is 3.11. The molecule has 3 atom stereocenters. The van der Waals surface area contributed by atoms with Crippen LogP contribution in [0.25, 0.3) is 0 Å². The number of rotatable bonds is 4. The quantitative estimate of drug-likeness (QED) is 0.554. The van der Waals surface area contributed by atoms with E-state index in [-0.39, 0.29) is 6.17 Å². The first kappa shape index (κ1) is 12.2. The lowest BCUT2D eigenvalue weighted by Crippen LogP contribution is -2.59. The zero-order valence-corrected chi connectivity index (χ0v) is 10.7. The maximum atomic E-state index is 6.04. The third kappa shape index (κ3) is 3.05. The molecule has 1 heterocycles. The second kappa shape index (κ2) is 5.26. The van der Waals surface area contributed by atoms with Gasteiger partial charge in [0.1, 0.15) is 0 Å². The van der Waals surface area contributed by atoms with Gasteiger partial charge in [-0.3, -0.25) is 5.32 Å². The van der Waals surface area contributed by atoms with Crippen LogP contribution in [0.3, 0.4) is 0 Å². The fourth-order valence-electron chi connectivity index (χ4n) is 2.27. The summed E-state index contributed by atoms with van der Waals surface area (Å²) in [6.45, 7) is 7.52. The molecule has 0 amide bonds. The molecule has 3 N–H and O–H groups in total. The van der Waals surface area contributed by atoms with Gasteiger partial charge < -0.3 is 10.2 Å². The highest BCUT2D eigenvalue weighted by atomic mass is 28.4. The minimum atomic E-state index is -1.52. The van der Waals surface area contributed by atoms with Crippen molar-refractivity contribution in [3.05, 3.63) is 0 Å². The van der Waals surface area contributed by atoms with E-state index in [9.17, 15) is 0 Å². The monoisotopic (exact) mass is 216 g/mol. The molecule has 14 heavy (non-hydrogen) atoms. The summed E-state index contributed by atoms with van der Waals surface area (Å²) < 4.78 is 6.04. The van der Waals surface area contributed by atoms with Crippen molar-refractivity contribution in [3.63, 3.8) is 0 Å². The van der Waals surface area contributed by atoms with Crippen molar-refractivity contribution < 1.29 is 4.43 Å². The first-order valence-electron chi connectivity index (χ1n) is 5.74. The Kier molecular flexibility index (Phi) is 4.57. The van der Waals surface area contributed by atoms with Gasteiger partial charge in [-0.1, -0.05) is 13.3 Å². The number of nitrogens with two attached hydrogens (primary N) is 1. The van der Waals surface area contributed by atoms with E-state index >= 15 is 0 Å². The minimum absolute atomic E-state index is 0.0785. The summed E-state index contributed by atoms with van der Waals surface area (Å²) in [5.41, 5.74) is 6.31. The Morgan fingerprint density at radius 2 is 2.21 bits per heavy atom. The Balaban J connectivity index is 2.55. The van der Waals surface area contributed by atoms with Crippen LogP contribution in [0.5, 0.6) is 0 Å². The molecule has 0 bridgehead atoms. The van der Waals surface area contributed by atoms with E-state index in [2.05, 4.69) is 18.8 Å². The van der Waals surface area contributed by atoms with E-state index < -0.39 is 8.32 Å². The average molecular weight is 216 g/mol. The maximum Gasteiger partial charge on any atom is 0.206 e. The standard InChI is InChI=1S/C10H24N2OSi/c1-4-10(12-9(2)11)14(3)8-6-5-7-13-14/h9-10,12H,4-8,11H2,1-3H3. The van der Waals surface area contributed by atoms with Crippen LogP contribution in [0.2, 0.25) is 12.6 Å². The SMILES string of the molecule is CCC(NC(C)N)[Si]1(C)CCCCO1. The van der Waals surface area contributed by atoms with Crippen molar-refractivity contribution in [1.29, 1.82) is 0 Å². The molecule has 4 heteroatoms. The van der Waals surface area contributed by atoms with Gasteiger partial charge in [-0.05, 0) is 32.4 Å². The summed E-state index contributed by atoms with van der Waals surface area (Å²) in [4.78, 5) is 0. The lowest BCUT2D eigenvalue weighted by molar-refractivity contribution is 0.253. The first-order chi connectivity index (χ1) is 6.58. The van der Waals surface area contributed by atoms with Crippen molar-refractivity contribution in [3.8, 4) is 0 Å². The topological polar surface area (TPSA) is 47.3 Å². The van der Waals surface area contributed by atoms with Crippen molar-refractivity contribution in [2.75, 3.05) is 6.61 Å². The van der Waals surface area contributed by atoms with Gasteiger partial charge in [0.2, 0.25) is 8.32 Å². The van der Waals surface area contributed by atoms with Crippen LogP contribution in [0.4, 0.5) is 0 Å². The molecule has 0 spiro atoms. The Morgan fingerprint density at radius 1 is 1.50 bits per heavy atom. The van der Waals surface area contributed by atoms with E-state index in [0.29, 0.717) is 5.67 Å². The van der Waals surface area contributed by atoms with E-state index in [0.717, 1.165) is 13.0 Å². The average Bonchev–Trinajstić information content (AvgIpc) is 2.15. The fourth-order valence-corrected chi connectivity index (χ4v) is 6.01. The van der Waals surface area contributed by atoms with E-state index in [1.165, 1.54) is 18.9 Å². The molecule has 0 saturated carbocycles. The number of nitrogens with one attached hydrogen (secondary N) is 1. The van der Waals surface area contributed by atoms with E-state index in [4.69, 9.17) is 10.2 Å². The van der Waals surface area contributed by atoms with E-state index in [1.807, 2.05) is 6.92 Å². The van der Waals surface area contributed by atoms with Crippen LogP contribution in [0.1, 0.15) is 33.1 Å². The van der Waals surface area contributed by atoms with Gasteiger partial charge in [0.25, 0.3) is 0 Å². The largest absolute Gasteiger partial charge is 0.416 e. The number of hydrogen-bond acceptors (Lipinski definition) is 3. The highest BCUT2D eigenvalue weighted by molar-refractivity contribution is 6.74. The van der Waals surface area contributed by atoms with Gasteiger partial charge in [0.05, 0.1) is 6.17 Å². The lowest BCUT2D eigenvalue weighted by atomic mass is 10.4. The summed E-state index contributed by atoms with van der Waals surface area (Å²) in [5.74, 6) is 0. The summed E-state index contributed by atoms with van der Waals surface area (Å²) in [6, 6.07) is 1.28. The van der Waals surface area contributed by atoms with Crippen molar-refractivity contribution in [2.45, 2.75) is 57.5 Å². The molecule has 0 aliphatic carbocycles. The van der Waals surface area contributed by atoms with Crippen LogP contribution in [-0.2, 0) is 4.43 Å². The molecule has 1 aliphatic rings. The predicted molar refractivity (Wildman–Crippen MR) is 62.5 cm³/mol. The van der Waals surface area contributed by atoms with Crippen LogP contribution >= 0.6 is 0 Å². The Labute approximate surface area is 88.5 Å². The van der Waals surface area contributed by atoms with Gasteiger partial charge in [0, 0.05) is 12.3 Å². The summed E-state index contributed by atoms with van der Waals surface area (Å²) >= 11 is 0. The van der Waals surface area contributed by atoms with Crippen molar-refractivity contribution >= 4 is 8.32 Å². The molecular weight excluding hydrogens is 192 g/mol. The molecule has 1 fully saturated rings. The molecule has 0 aromatic carbocycles. The zero-order valence-electron chi connectivity index (χ0n) is 9.68. The van der Waals surface area contributed by atoms with E-state index in [1.54, 1.807) is 0 Å². The van der Waals surface area contributed by atoms with Crippen LogP contribution in [0, 0.1) is 0 Å². The molecule has 0 radical (unpaired) electrons. The van der Waals surface area contributed by atoms with Gasteiger partial charge in [-0.25, -0.2) is 0 Å². The normalized spacial score (nSPS) is 32.6. The molecule has 84 valence electrons. The highest BCUT2D eigenvalue weighted by Gasteiger charge is 2.39. The smallest absolute Gasteiger partial charge is 0.206 e. The Hall–Kier alpha value is 0.0969. The molecule has 1 rings (SSSR count). The molecular formula is C10H24N2OSi. The van der Waals surface area contributed by atoms with Crippen LogP contribution in [0.15, 0.2) is 0 Å². The van der Waals surface area contributed by atoms with Crippen molar-refractivity contribution in [2.24, 2.45) is 5.73 Å². The number of hydrogen-bond donors (Lipinski definition) is 2. The van der Waals surface area contributed by atoms with Gasteiger partial charge >= 0.3 is 0 Å². The van der Waals surface area contributed by atoms with Gasteiger partial charge in [-0.2, -0.15) is 0 Å². The third-order valence-corrected chi connectivity index (χ3v) is 7.37. The minimum Gasteiger partial charge on any atom is -0.416 e. The Bertz CT molecular complexity index is 170. The summed E-state index contributed by atoms with van der Waals surface area (Å²) in [5, 5.41) is 3.45. The van der Waals surface area contributed by atoms with Crippen LogP contribution in [-0.4, -0.2) is 26.8 Å². The summed E-state index contributed by atoms with van der Waals surface area (Å²) in [6.07, 6.45) is 3.77. The molecule has 0 aromatic heterocycles. The second-order valence-corrected chi connectivity index (χ2v) is 8.65. The summed E-state index contributed by atoms with van der Waals surface area (Å²) in [7, 11) is -1.52.